The molecule has 1 heterocycles. The summed E-state index contributed by atoms with van der Waals surface area (Å²) in [5.41, 5.74) is 0. The molecule has 0 saturated heterocycles. The Morgan fingerprint density at radius 3 is 3.00 bits per heavy atom. The van der Waals surface area contributed by atoms with E-state index in [0.717, 1.165) is 23.9 Å². The van der Waals surface area contributed by atoms with E-state index >= 15 is 0 Å². The molecule has 4 nitrogen and oxygen atoms in total. The van der Waals surface area contributed by atoms with Gasteiger partial charge in [-0.05, 0) is 19.3 Å². The summed E-state index contributed by atoms with van der Waals surface area (Å²) in [6, 6.07) is -0.104. The number of hydrogen-bond acceptors (Lipinski definition) is 3. The Balaban J connectivity index is 1.62. The minimum absolute atomic E-state index is 0.0171. The van der Waals surface area contributed by atoms with Gasteiger partial charge in [0.15, 0.2) is 0 Å². The molecule has 1 aromatic rings. The number of nitrogens with zero attached hydrogens (tertiary/aromatic N) is 1. The van der Waals surface area contributed by atoms with Crippen molar-refractivity contribution in [1.29, 1.82) is 0 Å². The lowest BCUT2D eigenvalue weighted by atomic mass is 10.0. The molecule has 2 N–H and O–H groups in total. The number of carbonyl (C=O) groups excluding carboxylic acids is 1. The average Bonchev–Trinajstić information content (AvgIpc) is 3.02. The van der Waals surface area contributed by atoms with E-state index in [2.05, 4.69) is 15.6 Å². The van der Waals surface area contributed by atoms with E-state index in [-0.39, 0.29) is 12.1 Å². The number of amides is 2. The Labute approximate surface area is 112 Å². The molecular weight excluding hydrogens is 246 g/mol. The molecule has 1 fully saturated rings. The van der Waals surface area contributed by atoms with Gasteiger partial charge in [-0.2, -0.15) is 0 Å². The summed E-state index contributed by atoms with van der Waals surface area (Å²) >= 11 is 1.56. The van der Waals surface area contributed by atoms with Gasteiger partial charge < -0.3 is 10.6 Å². The molecule has 100 valence electrons. The lowest BCUT2D eigenvalue weighted by Gasteiger charge is -2.13. The van der Waals surface area contributed by atoms with E-state index in [9.17, 15) is 4.79 Å². The van der Waals surface area contributed by atoms with Crippen molar-refractivity contribution < 1.29 is 4.79 Å². The Hall–Kier alpha value is -1.10. The zero-order valence-electron chi connectivity index (χ0n) is 10.8. The third kappa shape index (κ3) is 3.98. The van der Waals surface area contributed by atoms with Crippen LogP contribution < -0.4 is 10.6 Å². The summed E-state index contributed by atoms with van der Waals surface area (Å²) in [6.45, 7) is 2.73. The Morgan fingerprint density at radius 1 is 1.56 bits per heavy atom. The van der Waals surface area contributed by atoms with E-state index < -0.39 is 0 Å². The minimum Gasteiger partial charge on any atom is -0.338 e. The molecule has 0 bridgehead atoms. The van der Waals surface area contributed by atoms with Crippen molar-refractivity contribution in [2.45, 2.75) is 45.1 Å². The summed E-state index contributed by atoms with van der Waals surface area (Å²) in [5, 5.41) is 8.70. The summed E-state index contributed by atoms with van der Waals surface area (Å²) < 4.78 is 0. The predicted molar refractivity (Wildman–Crippen MR) is 73.6 cm³/mol. The fraction of sp³-hybridized carbons (Fsp3) is 0.692. The van der Waals surface area contributed by atoms with Crippen molar-refractivity contribution in [3.63, 3.8) is 0 Å². The Bertz CT molecular complexity index is 360. The second-order valence-corrected chi connectivity index (χ2v) is 5.86. The first kappa shape index (κ1) is 13.3. The second-order valence-electron chi connectivity index (χ2n) is 4.93. The van der Waals surface area contributed by atoms with Gasteiger partial charge in [0, 0.05) is 18.1 Å². The van der Waals surface area contributed by atoms with Gasteiger partial charge in [0.2, 0.25) is 0 Å². The SMILES string of the molecule is C[C@@H](NC(=O)NCCC1CCCC1)c1nccs1. The van der Waals surface area contributed by atoms with Gasteiger partial charge in [-0.1, -0.05) is 25.7 Å². The molecule has 1 saturated carbocycles. The number of aromatic nitrogens is 1. The molecule has 1 aromatic heterocycles. The monoisotopic (exact) mass is 267 g/mol. The molecule has 2 rings (SSSR count). The third-order valence-corrected chi connectivity index (χ3v) is 4.44. The number of nitrogens with one attached hydrogen (secondary N) is 2. The number of urea groups is 1. The third-order valence-electron chi connectivity index (χ3n) is 3.48. The molecular formula is C13H21N3OS. The summed E-state index contributed by atoms with van der Waals surface area (Å²) in [7, 11) is 0. The van der Waals surface area contributed by atoms with E-state index in [0.29, 0.717) is 0 Å². The lowest BCUT2D eigenvalue weighted by Crippen LogP contribution is -2.37. The number of thiazole rings is 1. The van der Waals surface area contributed by atoms with Crippen LogP contribution in [0.3, 0.4) is 0 Å². The van der Waals surface area contributed by atoms with Crippen molar-refractivity contribution in [3.8, 4) is 0 Å². The number of carbonyl (C=O) groups is 1. The highest BCUT2D eigenvalue weighted by atomic mass is 32.1. The van der Waals surface area contributed by atoms with Crippen LogP contribution in [0, 0.1) is 5.92 Å². The van der Waals surface area contributed by atoms with Gasteiger partial charge in [-0.25, -0.2) is 9.78 Å². The molecule has 5 heteroatoms. The molecule has 1 aliphatic rings. The molecule has 1 aliphatic carbocycles. The maximum Gasteiger partial charge on any atom is 0.315 e. The van der Waals surface area contributed by atoms with Crippen LogP contribution in [0.1, 0.15) is 50.1 Å². The lowest BCUT2D eigenvalue weighted by molar-refractivity contribution is 0.237. The van der Waals surface area contributed by atoms with Crippen LogP contribution in [0.25, 0.3) is 0 Å². The van der Waals surface area contributed by atoms with Crippen molar-refractivity contribution in [1.82, 2.24) is 15.6 Å². The van der Waals surface area contributed by atoms with Crippen LogP contribution in [-0.2, 0) is 0 Å². The maximum atomic E-state index is 11.7. The van der Waals surface area contributed by atoms with Crippen LogP contribution in [0.2, 0.25) is 0 Å². The number of hydrogen-bond donors (Lipinski definition) is 2. The van der Waals surface area contributed by atoms with E-state index in [1.54, 1.807) is 17.5 Å². The van der Waals surface area contributed by atoms with E-state index in [1.165, 1.54) is 25.7 Å². The van der Waals surface area contributed by atoms with Crippen LogP contribution in [0.4, 0.5) is 4.79 Å². The first-order valence-electron chi connectivity index (χ1n) is 6.69. The molecule has 2 amide bonds. The van der Waals surface area contributed by atoms with Crippen molar-refractivity contribution >= 4 is 17.4 Å². The predicted octanol–water partition coefficient (Wildman–Crippen LogP) is 3.08. The molecule has 0 aromatic carbocycles. The summed E-state index contributed by atoms with van der Waals surface area (Å²) in [4.78, 5) is 15.9. The van der Waals surface area contributed by atoms with Crippen molar-refractivity contribution in [2.24, 2.45) is 5.92 Å². The highest BCUT2D eigenvalue weighted by Crippen LogP contribution is 2.26. The molecule has 0 radical (unpaired) electrons. The first-order chi connectivity index (χ1) is 8.75. The van der Waals surface area contributed by atoms with E-state index in [1.807, 2.05) is 12.3 Å². The topological polar surface area (TPSA) is 54.0 Å². The highest BCUT2D eigenvalue weighted by Gasteiger charge is 2.15. The minimum atomic E-state index is -0.0873. The summed E-state index contributed by atoms with van der Waals surface area (Å²) in [6.07, 6.45) is 8.25. The van der Waals surface area contributed by atoms with Gasteiger partial charge >= 0.3 is 6.03 Å². The largest absolute Gasteiger partial charge is 0.338 e. The van der Waals surface area contributed by atoms with Crippen LogP contribution in [0.5, 0.6) is 0 Å². The van der Waals surface area contributed by atoms with Gasteiger partial charge in [0.25, 0.3) is 0 Å². The molecule has 0 aliphatic heterocycles. The van der Waals surface area contributed by atoms with Gasteiger partial charge in [0.05, 0.1) is 6.04 Å². The van der Waals surface area contributed by atoms with Gasteiger partial charge in [-0.15, -0.1) is 11.3 Å². The maximum absolute atomic E-state index is 11.7. The average molecular weight is 267 g/mol. The molecule has 1 atom stereocenters. The van der Waals surface area contributed by atoms with Crippen LogP contribution in [-0.4, -0.2) is 17.6 Å². The van der Waals surface area contributed by atoms with Gasteiger partial charge in [0.1, 0.15) is 5.01 Å². The second kappa shape index (κ2) is 6.73. The normalized spacial score (nSPS) is 17.6. The fourth-order valence-corrected chi connectivity index (χ4v) is 3.09. The molecule has 0 spiro atoms. The fourth-order valence-electron chi connectivity index (χ4n) is 2.45. The summed E-state index contributed by atoms with van der Waals surface area (Å²) in [5.74, 6) is 0.821. The quantitative estimate of drug-likeness (QED) is 0.861. The molecule has 0 unspecified atom stereocenters. The Kier molecular flexibility index (Phi) is 4.99. The van der Waals surface area contributed by atoms with Crippen molar-refractivity contribution in [3.05, 3.63) is 16.6 Å². The first-order valence-corrected chi connectivity index (χ1v) is 7.57. The van der Waals surface area contributed by atoms with Crippen LogP contribution >= 0.6 is 11.3 Å². The molecule has 18 heavy (non-hydrogen) atoms. The van der Waals surface area contributed by atoms with E-state index in [4.69, 9.17) is 0 Å². The zero-order chi connectivity index (χ0) is 12.8. The van der Waals surface area contributed by atoms with Gasteiger partial charge in [-0.3, -0.25) is 0 Å². The Morgan fingerprint density at radius 2 is 2.33 bits per heavy atom. The number of rotatable bonds is 5. The van der Waals surface area contributed by atoms with Crippen LogP contribution in [0.15, 0.2) is 11.6 Å². The standard InChI is InChI=1S/C13H21N3OS/c1-10(12-14-8-9-18-12)16-13(17)15-7-6-11-4-2-3-5-11/h8-11H,2-7H2,1H3,(H2,15,16,17)/t10-/m1/s1. The van der Waals surface area contributed by atoms with Crippen molar-refractivity contribution in [2.75, 3.05) is 6.54 Å². The zero-order valence-corrected chi connectivity index (χ0v) is 11.6. The highest BCUT2D eigenvalue weighted by molar-refractivity contribution is 7.09. The smallest absolute Gasteiger partial charge is 0.315 e.